The number of thioether (sulfide) groups is 1. The monoisotopic (exact) mass is 166 g/mol. The van der Waals surface area contributed by atoms with E-state index >= 15 is 0 Å². The second-order valence-electron chi connectivity index (χ2n) is 2.65. The zero-order valence-electron chi connectivity index (χ0n) is 6.21. The lowest BCUT2D eigenvalue weighted by Crippen LogP contribution is -1.87. The van der Waals surface area contributed by atoms with Crippen LogP contribution in [-0.4, -0.2) is 15.7 Å². The molecule has 58 valence electrons. The average Bonchev–Trinajstić information content (AvgIpc) is 2.60. The molecule has 0 atom stereocenters. The minimum Gasteiger partial charge on any atom is -0.348 e. The van der Waals surface area contributed by atoms with Crippen LogP contribution in [0.25, 0.3) is 0 Å². The molecular formula is C8H10N2S. The summed E-state index contributed by atoms with van der Waals surface area (Å²) in [5.41, 5.74) is 2.75. The number of nitrogens with zero attached hydrogens (tertiary/aromatic N) is 1. The predicted molar refractivity (Wildman–Crippen MR) is 47.4 cm³/mol. The van der Waals surface area contributed by atoms with Gasteiger partial charge in [0.1, 0.15) is 0 Å². The molecule has 1 N–H and O–H groups in total. The van der Waals surface area contributed by atoms with Crippen molar-refractivity contribution in [3.63, 3.8) is 0 Å². The van der Waals surface area contributed by atoms with Gasteiger partial charge in [-0.2, -0.15) is 0 Å². The van der Waals surface area contributed by atoms with Gasteiger partial charge in [-0.3, -0.25) is 0 Å². The Balaban J connectivity index is 2.00. The summed E-state index contributed by atoms with van der Waals surface area (Å²) in [5.74, 6) is 1.25. The Morgan fingerprint density at radius 2 is 2.64 bits per heavy atom. The van der Waals surface area contributed by atoms with Crippen molar-refractivity contribution in [3.05, 3.63) is 29.2 Å². The molecule has 2 heterocycles. The molecule has 0 aliphatic carbocycles. The number of aromatic amines is 1. The largest absolute Gasteiger partial charge is 0.348 e. The molecule has 0 amide bonds. The van der Waals surface area contributed by atoms with E-state index in [-0.39, 0.29) is 0 Å². The Morgan fingerprint density at radius 3 is 3.27 bits per heavy atom. The molecule has 11 heavy (non-hydrogen) atoms. The van der Waals surface area contributed by atoms with Crippen molar-refractivity contribution < 1.29 is 0 Å². The first-order valence-electron chi connectivity index (χ1n) is 3.72. The maximum absolute atomic E-state index is 3.97. The first kappa shape index (κ1) is 6.98. The van der Waals surface area contributed by atoms with Crippen LogP contribution in [0.3, 0.4) is 0 Å². The summed E-state index contributed by atoms with van der Waals surface area (Å²) >= 11 is 1.91. The van der Waals surface area contributed by atoms with Crippen LogP contribution in [-0.2, 0) is 6.42 Å². The molecule has 0 unspecified atom stereocenters. The molecule has 0 aromatic carbocycles. The fourth-order valence-electron chi connectivity index (χ4n) is 1.18. The molecule has 0 bridgehead atoms. The van der Waals surface area contributed by atoms with Gasteiger partial charge in [0.15, 0.2) is 0 Å². The molecule has 0 spiro atoms. The van der Waals surface area contributed by atoms with Gasteiger partial charge in [0, 0.05) is 24.1 Å². The minimum absolute atomic E-state index is 1.05. The second kappa shape index (κ2) is 3.13. The van der Waals surface area contributed by atoms with Gasteiger partial charge >= 0.3 is 0 Å². The number of imidazole rings is 1. The van der Waals surface area contributed by atoms with Crippen molar-refractivity contribution in [1.29, 1.82) is 0 Å². The average molecular weight is 166 g/mol. The highest BCUT2D eigenvalue weighted by Gasteiger charge is 2.05. The topological polar surface area (TPSA) is 28.7 Å². The summed E-state index contributed by atoms with van der Waals surface area (Å²) in [6.45, 7) is 0. The molecule has 0 saturated heterocycles. The molecule has 1 aliphatic heterocycles. The number of aromatic nitrogens is 2. The van der Waals surface area contributed by atoms with Crippen molar-refractivity contribution in [3.8, 4) is 0 Å². The Labute approximate surface area is 70.1 Å². The number of H-pyrrole nitrogens is 1. The molecular weight excluding hydrogens is 156 g/mol. The van der Waals surface area contributed by atoms with Crippen molar-refractivity contribution in [2.45, 2.75) is 12.8 Å². The number of allylic oxidation sites excluding steroid dienone is 1. The minimum atomic E-state index is 1.05. The Morgan fingerprint density at radius 1 is 1.64 bits per heavy atom. The van der Waals surface area contributed by atoms with Crippen LogP contribution in [0.5, 0.6) is 0 Å². The lowest BCUT2D eigenvalue weighted by molar-refractivity contribution is 1.00. The van der Waals surface area contributed by atoms with E-state index in [1.54, 1.807) is 6.33 Å². The van der Waals surface area contributed by atoms with Crippen LogP contribution < -0.4 is 0 Å². The fraction of sp³-hybridized carbons (Fsp3) is 0.375. The predicted octanol–water partition coefficient (Wildman–Crippen LogP) is 1.97. The maximum Gasteiger partial charge on any atom is 0.0921 e. The van der Waals surface area contributed by atoms with E-state index in [0.29, 0.717) is 0 Å². The standard InChI is InChI=1S/C8H10N2S/c1-2-11-5-7(1)3-8-4-9-6-10-8/h4-6H,1-3H2,(H,9,10). The fourth-order valence-corrected chi connectivity index (χ4v) is 2.12. The molecule has 2 rings (SSSR count). The smallest absolute Gasteiger partial charge is 0.0921 e. The first-order valence-corrected chi connectivity index (χ1v) is 4.77. The van der Waals surface area contributed by atoms with Crippen LogP contribution >= 0.6 is 11.8 Å². The second-order valence-corrected chi connectivity index (χ2v) is 3.63. The third kappa shape index (κ3) is 1.66. The lowest BCUT2D eigenvalue weighted by Gasteiger charge is -1.95. The number of hydrogen-bond acceptors (Lipinski definition) is 2. The molecule has 0 saturated carbocycles. The summed E-state index contributed by atoms with van der Waals surface area (Å²) in [6.07, 6.45) is 5.92. The van der Waals surface area contributed by atoms with E-state index in [0.717, 1.165) is 6.42 Å². The van der Waals surface area contributed by atoms with Crippen LogP contribution in [0.1, 0.15) is 12.1 Å². The van der Waals surface area contributed by atoms with E-state index in [4.69, 9.17) is 0 Å². The zero-order chi connectivity index (χ0) is 7.52. The molecule has 2 nitrogen and oxygen atoms in total. The molecule has 0 radical (unpaired) electrons. The van der Waals surface area contributed by atoms with Gasteiger partial charge in [0.05, 0.1) is 6.33 Å². The van der Waals surface area contributed by atoms with Gasteiger partial charge in [-0.1, -0.05) is 5.57 Å². The van der Waals surface area contributed by atoms with E-state index in [1.807, 2.05) is 18.0 Å². The SMILES string of the molecule is C1=C(Cc2cnc[nH]2)CCS1. The van der Waals surface area contributed by atoms with Crippen LogP contribution in [0.2, 0.25) is 0 Å². The van der Waals surface area contributed by atoms with E-state index in [2.05, 4.69) is 15.4 Å². The number of hydrogen-bond donors (Lipinski definition) is 1. The lowest BCUT2D eigenvalue weighted by atomic mass is 10.1. The molecule has 3 heteroatoms. The summed E-state index contributed by atoms with van der Waals surface area (Å²) < 4.78 is 0. The maximum atomic E-state index is 3.97. The van der Waals surface area contributed by atoms with E-state index in [1.165, 1.54) is 23.4 Å². The first-order chi connectivity index (χ1) is 5.45. The van der Waals surface area contributed by atoms with Crippen molar-refractivity contribution in [1.82, 2.24) is 9.97 Å². The van der Waals surface area contributed by atoms with Gasteiger partial charge < -0.3 is 4.98 Å². The highest BCUT2D eigenvalue weighted by Crippen LogP contribution is 2.23. The van der Waals surface area contributed by atoms with Crippen LogP contribution in [0, 0.1) is 0 Å². The summed E-state index contributed by atoms with van der Waals surface area (Å²) in [5, 5.41) is 2.26. The number of rotatable bonds is 2. The molecule has 1 aromatic heterocycles. The molecule has 0 fully saturated rings. The van der Waals surface area contributed by atoms with Crippen LogP contribution in [0.4, 0.5) is 0 Å². The third-order valence-corrected chi connectivity index (χ3v) is 2.70. The highest BCUT2D eigenvalue weighted by atomic mass is 32.2. The zero-order valence-corrected chi connectivity index (χ0v) is 7.03. The van der Waals surface area contributed by atoms with E-state index in [9.17, 15) is 0 Å². The summed E-state index contributed by atoms with van der Waals surface area (Å²) in [6, 6.07) is 0. The molecule has 1 aliphatic rings. The Kier molecular flexibility index (Phi) is 1.99. The van der Waals surface area contributed by atoms with Gasteiger partial charge in [-0.05, 0) is 11.8 Å². The van der Waals surface area contributed by atoms with Gasteiger partial charge in [-0.25, -0.2) is 4.98 Å². The third-order valence-electron chi connectivity index (χ3n) is 1.76. The quantitative estimate of drug-likeness (QED) is 0.727. The number of nitrogens with one attached hydrogen (secondary N) is 1. The van der Waals surface area contributed by atoms with Crippen LogP contribution in [0.15, 0.2) is 23.5 Å². The van der Waals surface area contributed by atoms with Gasteiger partial charge in [0.25, 0.3) is 0 Å². The Hall–Kier alpha value is -0.700. The van der Waals surface area contributed by atoms with Crippen molar-refractivity contribution in [2.75, 3.05) is 5.75 Å². The van der Waals surface area contributed by atoms with Crippen molar-refractivity contribution >= 4 is 11.8 Å². The van der Waals surface area contributed by atoms with Gasteiger partial charge in [0.2, 0.25) is 0 Å². The van der Waals surface area contributed by atoms with Gasteiger partial charge in [-0.15, -0.1) is 11.8 Å². The normalized spacial score (nSPS) is 16.9. The van der Waals surface area contributed by atoms with E-state index < -0.39 is 0 Å². The summed E-state index contributed by atoms with van der Waals surface area (Å²) in [7, 11) is 0. The Bertz CT molecular complexity index is 251. The summed E-state index contributed by atoms with van der Waals surface area (Å²) in [4.78, 5) is 7.08. The highest BCUT2D eigenvalue weighted by molar-refractivity contribution is 8.02. The molecule has 1 aromatic rings. The van der Waals surface area contributed by atoms with Crippen molar-refractivity contribution in [2.24, 2.45) is 0 Å².